The maximum atomic E-state index is 6.82. The van der Waals surface area contributed by atoms with Crippen molar-refractivity contribution in [3.63, 3.8) is 0 Å². The number of halogens is 1. The van der Waals surface area contributed by atoms with Gasteiger partial charge in [0.25, 0.3) is 0 Å². The zero-order valence-corrected chi connectivity index (χ0v) is 14.4. The second-order valence-corrected chi connectivity index (χ2v) is 8.21. The normalized spacial score (nSPS) is 25.5. The molecule has 0 amide bonds. The van der Waals surface area contributed by atoms with Crippen LogP contribution in [0.25, 0.3) is 0 Å². The molecule has 1 aliphatic rings. The summed E-state index contributed by atoms with van der Waals surface area (Å²) >= 11 is 6.82. The fraction of sp³-hybridized carbons (Fsp3) is 0.684. The first-order valence-corrected chi connectivity index (χ1v) is 8.44. The lowest BCUT2D eigenvalue weighted by Crippen LogP contribution is -2.27. The van der Waals surface area contributed by atoms with E-state index in [-0.39, 0.29) is 5.38 Å². The highest BCUT2D eigenvalue weighted by molar-refractivity contribution is 6.21. The molecule has 1 saturated carbocycles. The third-order valence-corrected chi connectivity index (χ3v) is 5.73. The maximum Gasteiger partial charge on any atom is 0.0616 e. The molecule has 112 valence electrons. The smallest absolute Gasteiger partial charge is 0.0616 e. The van der Waals surface area contributed by atoms with Crippen LogP contribution in [0.3, 0.4) is 0 Å². The summed E-state index contributed by atoms with van der Waals surface area (Å²) in [4.78, 5) is 0. The minimum atomic E-state index is 0.191. The molecule has 0 aromatic heterocycles. The predicted octanol–water partition coefficient (Wildman–Crippen LogP) is 6.44. The molecule has 1 aromatic rings. The molecule has 1 heteroatoms. The molecule has 1 atom stereocenters. The van der Waals surface area contributed by atoms with Gasteiger partial charge in [-0.3, -0.25) is 0 Å². The molecule has 1 unspecified atom stereocenters. The van der Waals surface area contributed by atoms with E-state index in [1.165, 1.54) is 42.4 Å². The van der Waals surface area contributed by atoms with Crippen LogP contribution in [0.1, 0.15) is 68.5 Å². The fourth-order valence-corrected chi connectivity index (χ4v) is 4.08. The Kier molecular flexibility index (Phi) is 4.84. The fourth-order valence-electron chi connectivity index (χ4n) is 3.59. The zero-order chi connectivity index (χ0) is 14.9. The molecule has 2 rings (SSSR count). The minimum Gasteiger partial charge on any atom is -0.118 e. The van der Waals surface area contributed by atoms with Gasteiger partial charge in [0, 0.05) is 0 Å². The first-order chi connectivity index (χ1) is 9.29. The molecule has 0 N–H and O–H groups in total. The van der Waals surface area contributed by atoms with Gasteiger partial charge in [0.15, 0.2) is 0 Å². The van der Waals surface area contributed by atoms with Gasteiger partial charge in [-0.2, -0.15) is 0 Å². The van der Waals surface area contributed by atoms with Gasteiger partial charge >= 0.3 is 0 Å². The second kappa shape index (κ2) is 6.10. The van der Waals surface area contributed by atoms with Crippen molar-refractivity contribution in [3.8, 4) is 0 Å². The van der Waals surface area contributed by atoms with Crippen molar-refractivity contribution in [2.75, 3.05) is 0 Å². The average molecular weight is 293 g/mol. The van der Waals surface area contributed by atoms with Crippen molar-refractivity contribution in [2.24, 2.45) is 17.3 Å². The van der Waals surface area contributed by atoms with Crippen LogP contribution in [0.4, 0.5) is 0 Å². The van der Waals surface area contributed by atoms with Crippen LogP contribution in [0.2, 0.25) is 0 Å². The number of alkyl halides is 1. The van der Waals surface area contributed by atoms with Crippen LogP contribution in [-0.4, -0.2) is 0 Å². The van der Waals surface area contributed by atoms with Crippen molar-refractivity contribution in [3.05, 3.63) is 34.9 Å². The standard InChI is InChI=1S/C19H29Cl/c1-13-6-7-14(2)17(12-13)18(20)15-8-10-16(11-9-15)19(3,4)5/h6-7,12,15-16,18H,8-11H2,1-5H3. The van der Waals surface area contributed by atoms with E-state index >= 15 is 0 Å². The van der Waals surface area contributed by atoms with Crippen LogP contribution in [-0.2, 0) is 0 Å². The highest BCUT2D eigenvalue weighted by Gasteiger charge is 2.33. The van der Waals surface area contributed by atoms with E-state index in [1.807, 2.05) is 0 Å². The Morgan fingerprint density at radius 2 is 1.65 bits per heavy atom. The lowest BCUT2D eigenvalue weighted by molar-refractivity contribution is 0.148. The summed E-state index contributed by atoms with van der Waals surface area (Å²) in [5.41, 5.74) is 4.46. The van der Waals surface area contributed by atoms with Crippen LogP contribution in [0.15, 0.2) is 18.2 Å². The largest absolute Gasteiger partial charge is 0.118 e. The number of aryl methyl sites for hydroxylation is 2. The van der Waals surface area contributed by atoms with E-state index < -0.39 is 0 Å². The summed E-state index contributed by atoms with van der Waals surface area (Å²) in [6, 6.07) is 6.67. The topological polar surface area (TPSA) is 0 Å². The van der Waals surface area contributed by atoms with Crippen molar-refractivity contribution in [1.82, 2.24) is 0 Å². The molecule has 0 radical (unpaired) electrons. The summed E-state index contributed by atoms with van der Waals surface area (Å²) in [5.74, 6) is 1.51. The van der Waals surface area contributed by atoms with Gasteiger partial charge < -0.3 is 0 Å². The van der Waals surface area contributed by atoms with Gasteiger partial charge in [-0.1, -0.05) is 44.5 Å². The van der Waals surface area contributed by atoms with E-state index in [9.17, 15) is 0 Å². The molecular formula is C19H29Cl. The second-order valence-electron chi connectivity index (χ2n) is 7.74. The zero-order valence-electron chi connectivity index (χ0n) is 13.7. The molecule has 0 bridgehead atoms. The molecule has 0 aliphatic heterocycles. The van der Waals surface area contributed by atoms with Crippen LogP contribution < -0.4 is 0 Å². The van der Waals surface area contributed by atoms with E-state index in [0.29, 0.717) is 11.3 Å². The minimum absolute atomic E-state index is 0.191. The van der Waals surface area contributed by atoms with Crippen LogP contribution in [0, 0.1) is 31.1 Å². The third kappa shape index (κ3) is 3.58. The monoisotopic (exact) mass is 292 g/mol. The third-order valence-electron chi connectivity index (χ3n) is 5.14. The van der Waals surface area contributed by atoms with Gasteiger partial charge in [-0.25, -0.2) is 0 Å². The number of hydrogen-bond donors (Lipinski definition) is 0. The summed E-state index contributed by atoms with van der Waals surface area (Å²) < 4.78 is 0. The first kappa shape index (κ1) is 15.9. The lowest BCUT2D eigenvalue weighted by Gasteiger charge is -2.38. The van der Waals surface area contributed by atoms with Gasteiger partial charge in [-0.05, 0) is 67.9 Å². The molecule has 20 heavy (non-hydrogen) atoms. The Morgan fingerprint density at radius 3 is 2.20 bits per heavy atom. The van der Waals surface area contributed by atoms with E-state index in [4.69, 9.17) is 11.6 Å². The summed E-state index contributed by atoms with van der Waals surface area (Å²) in [6.45, 7) is 11.5. The molecule has 0 heterocycles. The van der Waals surface area contributed by atoms with E-state index in [0.717, 1.165) is 5.92 Å². The van der Waals surface area contributed by atoms with E-state index in [1.54, 1.807) is 0 Å². The highest BCUT2D eigenvalue weighted by Crippen LogP contribution is 2.45. The summed E-state index contributed by atoms with van der Waals surface area (Å²) in [5, 5.41) is 0.191. The number of rotatable bonds is 2. The summed E-state index contributed by atoms with van der Waals surface area (Å²) in [7, 11) is 0. The SMILES string of the molecule is Cc1ccc(C)c(C(Cl)C2CCC(C(C)(C)C)CC2)c1. The van der Waals surface area contributed by atoms with Gasteiger partial charge in [0.05, 0.1) is 5.38 Å². The van der Waals surface area contributed by atoms with Crippen LogP contribution >= 0.6 is 11.6 Å². The Morgan fingerprint density at radius 1 is 1.05 bits per heavy atom. The molecule has 1 aliphatic carbocycles. The molecule has 0 spiro atoms. The highest BCUT2D eigenvalue weighted by atomic mass is 35.5. The average Bonchev–Trinajstić information content (AvgIpc) is 2.40. The number of benzene rings is 1. The molecule has 1 aromatic carbocycles. The summed E-state index contributed by atoms with van der Waals surface area (Å²) in [6.07, 6.45) is 5.23. The first-order valence-electron chi connectivity index (χ1n) is 8.00. The molecule has 1 fully saturated rings. The van der Waals surface area contributed by atoms with Crippen molar-refractivity contribution in [1.29, 1.82) is 0 Å². The predicted molar refractivity (Wildman–Crippen MR) is 89.4 cm³/mol. The Labute approximate surface area is 129 Å². The Bertz CT molecular complexity index is 447. The van der Waals surface area contributed by atoms with Gasteiger partial charge in [0.2, 0.25) is 0 Å². The van der Waals surface area contributed by atoms with E-state index in [2.05, 4.69) is 52.8 Å². The van der Waals surface area contributed by atoms with Gasteiger partial charge in [-0.15, -0.1) is 11.6 Å². The quantitative estimate of drug-likeness (QED) is 0.551. The maximum absolute atomic E-state index is 6.82. The molecule has 0 nitrogen and oxygen atoms in total. The Balaban J connectivity index is 2.05. The lowest BCUT2D eigenvalue weighted by atomic mass is 9.69. The van der Waals surface area contributed by atoms with Crippen molar-refractivity contribution in [2.45, 2.75) is 65.7 Å². The molecule has 0 saturated heterocycles. The Hall–Kier alpha value is -0.490. The molecular weight excluding hydrogens is 264 g/mol. The van der Waals surface area contributed by atoms with Crippen molar-refractivity contribution < 1.29 is 0 Å². The van der Waals surface area contributed by atoms with Crippen LogP contribution in [0.5, 0.6) is 0 Å². The van der Waals surface area contributed by atoms with Gasteiger partial charge in [0.1, 0.15) is 0 Å². The van der Waals surface area contributed by atoms with Crippen molar-refractivity contribution >= 4 is 11.6 Å². The number of hydrogen-bond acceptors (Lipinski definition) is 0.